The number of unbranched alkanes of at least 4 members (excludes halogenated alkanes) is 3. The number of hydrogen-bond donors (Lipinski definition) is 1. The number of aliphatic hydroxyl groups excluding tert-OH is 1. The van der Waals surface area contributed by atoms with E-state index in [0.717, 1.165) is 25.7 Å². The summed E-state index contributed by atoms with van der Waals surface area (Å²) >= 11 is 0. The van der Waals surface area contributed by atoms with Crippen LogP contribution in [0.15, 0.2) is 0 Å². The summed E-state index contributed by atoms with van der Waals surface area (Å²) < 4.78 is 0. The predicted octanol–water partition coefficient (Wildman–Crippen LogP) is 3.64. The van der Waals surface area contributed by atoms with Gasteiger partial charge in [0.25, 0.3) is 0 Å². The summed E-state index contributed by atoms with van der Waals surface area (Å²) in [5.74, 6) is 1.02. The second kappa shape index (κ2) is 6.28. The van der Waals surface area contributed by atoms with E-state index in [1.165, 1.54) is 44.9 Å². The lowest BCUT2D eigenvalue weighted by Gasteiger charge is -2.55. The van der Waals surface area contributed by atoms with Crippen molar-refractivity contribution in [3.05, 3.63) is 0 Å². The molecule has 4 atom stereocenters. The fraction of sp³-hybridized carbons (Fsp3) is 0.944. The zero-order valence-electron chi connectivity index (χ0n) is 13.5. The van der Waals surface area contributed by atoms with Crippen LogP contribution in [0.25, 0.3) is 0 Å². The SMILES string of the molecule is CCCCCC[C@@H]1CC[C@@H]2CC[C@H](O)C[C@@]23CCC(=O)N13. The first-order valence-electron chi connectivity index (χ1n) is 9.17. The van der Waals surface area contributed by atoms with Gasteiger partial charge in [-0.05, 0) is 50.9 Å². The Balaban J connectivity index is 1.71. The summed E-state index contributed by atoms with van der Waals surface area (Å²) in [5, 5.41) is 10.2. The number of rotatable bonds is 5. The molecule has 0 radical (unpaired) electrons. The molecule has 0 aromatic heterocycles. The van der Waals surface area contributed by atoms with E-state index < -0.39 is 0 Å². The first-order valence-corrected chi connectivity index (χ1v) is 9.17. The first-order chi connectivity index (χ1) is 10.2. The topological polar surface area (TPSA) is 40.5 Å². The van der Waals surface area contributed by atoms with Crippen molar-refractivity contribution in [3.63, 3.8) is 0 Å². The van der Waals surface area contributed by atoms with Crippen LogP contribution < -0.4 is 0 Å². The van der Waals surface area contributed by atoms with Gasteiger partial charge in [-0.2, -0.15) is 0 Å². The van der Waals surface area contributed by atoms with Crippen LogP contribution in [0.1, 0.15) is 84.0 Å². The number of amides is 1. The highest BCUT2D eigenvalue weighted by Gasteiger charge is 2.56. The Morgan fingerprint density at radius 2 is 2.00 bits per heavy atom. The third-order valence-electron chi connectivity index (χ3n) is 6.32. The van der Waals surface area contributed by atoms with Crippen LogP contribution in [-0.4, -0.2) is 33.6 Å². The molecular formula is C18H31NO2. The van der Waals surface area contributed by atoms with Crippen molar-refractivity contribution in [2.45, 2.75) is 102 Å². The maximum absolute atomic E-state index is 12.5. The minimum absolute atomic E-state index is 0.0302. The monoisotopic (exact) mass is 293 g/mol. The van der Waals surface area contributed by atoms with Crippen molar-refractivity contribution in [1.82, 2.24) is 4.90 Å². The molecule has 0 bridgehead atoms. The Morgan fingerprint density at radius 1 is 1.19 bits per heavy atom. The summed E-state index contributed by atoms with van der Waals surface area (Å²) in [5.41, 5.74) is 0.0302. The van der Waals surface area contributed by atoms with E-state index in [-0.39, 0.29) is 11.6 Å². The lowest BCUT2D eigenvalue weighted by atomic mass is 9.65. The van der Waals surface area contributed by atoms with E-state index in [1.54, 1.807) is 0 Å². The molecule has 2 heterocycles. The van der Waals surface area contributed by atoms with E-state index in [9.17, 15) is 9.90 Å². The normalized spacial score (nSPS) is 39.2. The quantitative estimate of drug-likeness (QED) is 0.786. The first kappa shape index (κ1) is 15.3. The third kappa shape index (κ3) is 2.74. The molecule has 0 unspecified atom stereocenters. The maximum Gasteiger partial charge on any atom is 0.223 e. The van der Waals surface area contributed by atoms with Crippen molar-refractivity contribution in [2.24, 2.45) is 5.92 Å². The Bertz CT molecular complexity index is 383. The van der Waals surface area contributed by atoms with Crippen molar-refractivity contribution in [1.29, 1.82) is 0 Å². The van der Waals surface area contributed by atoms with Crippen molar-refractivity contribution in [3.8, 4) is 0 Å². The Labute approximate surface area is 129 Å². The fourth-order valence-corrected chi connectivity index (χ4v) is 5.34. The van der Waals surface area contributed by atoms with Crippen molar-refractivity contribution >= 4 is 5.91 Å². The van der Waals surface area contributed by atoms with Gasteiger partial charge in [0.15, 0.2) is 0 Å². The molecule has 2 saturated heterocycles. The van der Waals surface area contributed by atoms with Crippen LogP contribution in [0.2, 0.25) is 0 Å². The highest BCUT2D eigenvalue weighted by atomic mass is 16.3. The second-order valence-electron chi connectivity index (χ2n) is 7.58. The summed E-state index contributed by atoms with van der Waals surface area (Å²) in [6, 6.07) is 0.457. The van der Waals surface area contributed by atoms with Gasteiger partial charge in [0.1, 0.15) is 0 Å². The molecule has 1 amide bonds. The fourth-order valence-electron chi connectivity index (χ4n) is 5.34. The maximum atomic E-state index is 12.5. The molecule has 1 N–H and O–H groups in total. The zero-order chi connectivity index (χ0) is 14.9. The Hall–Kier alpha value is -0.570. The summed E-state index contributed by atoms with van der Waals surface area (Å²) in [6.45, 7) is 2.24. The van der Waals surface area contributed by atoms with E-state index in [2.05, 4.69) is 11.8 Å². The van der Waals surface area contributed by atoms with E-state index in [1.807, 2.05) is 0 Å². The molecule has 1 aliphatic carbocycles. The molecule has 3 rings (SSSR count). The lowest BCUT2D eigenvalue weighted by Crippen LogP contribution is -2.61. The predicted molar refractivity (Wildman–Crippen MR) is 83.9 cm³/mol. The van der Waals surface area contributed by atoms with Crippen LogP contribution in [0.4, 0.5) is 0 Å². The van der Waals surface area contributed by atoms with Crippen LogP contribution >= 0.6 is 0 Å². The Kier molecular flexibility index (Phi) is 4.58. The molecule has 3 aliphatic rings. The standard InChI is InChI=1S/C18H31NO2/c1-2-3-4-5-6-15-9-7-14-8-10-16(20)13-18(14)12-11-17(21)19(15)18/h14-16,20H,2-13H2,1H3/t14-,15-,16+,18+/m1/s1. The smallest absolute Gasteiger partial charge is 0.223 e. The van der Waals surface area contributed by atoms with Gasteiger partial charge in [-0.1, -0.05) is 32.6 Å². The molecule has 3 heteroatoms. The minimum Gasteiger partial charge on any atom is -0.393 e. The van der Waals surface area contributed by atoms with Crippen LogP contribution in [0.3, 0.4) is 0 Å². The van der Waals surface area contributed by atoms with Gasteiger partial charge in [-0.15, -0.1) is 0 Å². The molecule has 120 valence electrons. The summed E-state index contributed by atoms with van der Waals surface area (Å²) in [4.78, 5) is 14.8. The lowest BCUT2D eigenvalue weighted by molar-refractivity contribution is -0.145. The number of aliphatic hydroxyl groups is 1. The highest BCUT2D eigenvalue weighted by molar-refractivity contribution is 5.80. The van der Waals surface area contributed by atoms with Gasteiger partial charge in [0, 0.05) is 18.0 Å². The zero-order valence-corrected chi connectivity index (χ0v) is 13.5. The number of hydrogen-bond acceptors (Lipinski definition) is 2. The minimum atomic E-state index is -0.187. The van der Waals surface area contributed by atoms with Gasteiger partial charge in [-0.25, -0.2) is 0 Å². The summed E-state index contributed by atoms with van der Waals surface area (Å²) in [7, 11) is 0. The largest absolute Gasteiger partial charge is 0.393 e. The number of carbonyl (C=O) groups is 1. The van der Waals surface area contributed by atoms with E-state index >= 15 is 0 Å². The molecule has 2 aliphatic heterocycles. The van der Waals surface area contributed by atoms with Gasteiger partial charge < -0.3 is 10.0 Å². The van der Waals surface area contributed by atoms with Crippen LogP contribution in [0.5, 0.6) is 0 Å². The van der Waals surface area contributed by atoms with E-state index in [4.69, 9.17) is 0 Å². The molecule has 3 nitrogen and oxygen atoms in total. The molecule has 1 spiro atoms. The third-order valence-corrected chi connectivity index (χ3v) is 6.32. The van der Waals surface area contributed by atoms with E-state index in [0.29, 0.717) is 24.3 Å². The highest BCUT2D eigenvalue weighted by Crippen LogP contribution is 2.52. The Morgan fingerprint density at radius 3 is 2.81 bits per heavy atom. The molecule has 1 saturated carbocycles. The molecule has 21 heavy (non-hydrogen) atoms. The molecule has 0 aromatic carbocycles. The van der Waals surface area contributed by atoms with Crippen LogP contribution in [0, 0.1) is 5.92 Å². The average Bonchev–Trinajstić information content (AvgIpc) is 2.80. The second-order valence-corrected chi connectivity index (χ2v) is 7.58. The van der Waals surface area contributed by atoms with Gasteiger partial charge in [0.2, 0.25) is 5.91 Å². The number of carbonyl (C=O) groups excluding carboxylic acids is 1. The average molecular weight is 293 g/mol. The van der Waals surface area contributed by atoms with Crippen LogP contribution in [-0.2, 0) is 4.79 Å². The molecular weight excluding hydrogens is 262 g/mol. The van der Waals surface area contributed by atoms with Gasteiger partial charge in [-0.3, -0.25) is 4.79 Å². The molecule has 3 fully saturated rings. The summed E-state index contributed by atoms with van der Waals surface area (Å²) in [6.07, 6.45) is 13.2. The number of piperidine rings is 1. The molecule has 0 aromatic rings. The van der Waals surface area contributed by atoms with Gasteiger partial charge in [0.05, 0.1) is 6.10 Å². The number of nitrogens with zero attached hydrogens (tertiary/aromatic N) is 1. The van der Waals surface area contributed by atoms with Crippen molar-refractivity contribution in [2.75, 3.05) is 0 Å². The van der Waals surface area contributed by atoms with Crippen molar-refractivity contribution < 1.29 is 9.90 Å². The van der Waals surface area contributed by atoms with Gasteiger partial charge >= 0.3 is 0 Å².